The second-order valence-electron chi connectivity index (χ2n) is 4.01. The molecule has 1 heterocycles. The van der Waals surface area contributed by atoms with Gasteiger partial charge in [-0.2, -0.15) is 4.98 Å². The molecule has 0 aliphatic carbocycles. The first-order valence-electron chi connectivity index (χ1n) is 6.28. The van der Waals surface area contributed by atoms with E-state index in [0.29, 0.717) is 30.7 Å². The highest BCUT2D eigenvalue weighted by atomic mass is 16.5. The number of nitrogens with zero attached hydrogens (tertiary/aromatic N) is 2. The van der Waals surface area contributed by atoms with Crippen LogP contribution < -0.4 is 16.0 Å². The van der Waals surface area contributed by atoms with Crippen LogP contribution in [0.4, 0.5) is 5.82 Å². The third kappa shape index (κ3) is 4.85. The maximum atomic E-state index is 5.72. The minimum atomic E-state index is 0.121. The third-order valence-corrected chi connectivity index (χ3v) is 2.35. The highest BCUT2D eigenvalue weighted by Gasteiger charge is 2.08. The number of anilines is 1. The van der Waals surface area contributed by atoms with Gasteiger partial charge in [0.2, 0.25) is 5.88 Å². The van der Waals surface area contributed by atoms with Crippen molar-refractivity contribution in [1.82, 2.24) is 9.97 Å². The third-order valence-electron chi connectivity index (χ3n) is 2.35. The molecule has 3 N–H and O–H groups in total. The first-order chi connectivity index (χ1) is 8.69. The summed E-state index contributed by atoms with van der Waals surface area (Å²) in [6.07, 6.45) is 2.17. The van der Waals surface area contributed by atoms with Crippen LogP contribution in [-0.4, -0.2) is 22.7 Å². The van der Waals surface area contributed by atoms with E-state index in [4.69, 9.17) is 15.3 Å². The normalized spacial score (nSPS) is 12.2. The molecule has 1 aromatic rings. The molecular weight excluding hydrogens is 232 g/mol. The summed E-state index contributed by atoms with van der Waals surface area (Å²) in [6.45, 7) is 7.03. The number of rotatable bonds is 8. The molecule has 6 heteroatoms. The Balaban J connectivity index is 2.76. The number of nitrogens with two attached hydrogens (primary N) is 1. The van der Waals surface area contributed by atoms with Crippen molar-refractivity contribution < 1.29 is 9.47 Å². The Labute approximate surface area is 108 Å². The van der Waals surface area contributed by atoms with E-state index in [1.165, 1.54) is 0 Å². The average Bonchev–Trinajstić information content (AvgIpc) is 2.36. The Morgan fingerprint density at radius 2 is 2.17 bits per heavy atom. The monoisotopic (exact) mass is 254 g/mol. The molecular formula is C12H22N4O2. The topological polar surface area (TPSA) is 82.3 Å². The maximum Gasteiger partial charge on any atom is 0.219 e. The molecule has 102 valence electrons. The van der Waals surface area contributed by atoms with Crippen LogP contribution in [-0.2, 0) is 11.3 Å². The molecule has 0 spiro atoms. The molecule has 0 radical (unpaired) electrons. The van der Waals surface area contributed by atoms with Crippen molar-refractivity contribution in [2.45, 2.75) is 46.3 Å². The molecule has 0 aliphatic heterocycles. The van der Waals surface area contributed by atoms with Crippen LogP contribution in [0, 0.1) is 0 Å². The van der Waals surface area contributed by atoms with Gasteiger partial charge in [0.1, 0.15) is 12.4 Å². The van der Waals surface area contributed by atoms with Gasteiger partial charge in [-0.3, -0.25) is 0 Å². The van der Waals surface area contributed by atoms with E-state index in [0.717, 1.165) is 12.8 Å². The predicted molar refractivity (Wildman–Crippen MR) is 70.2 cm³/mol. The largest absolute Gasteiger partial charge is 0.475 e. The van der Waals surface area contributed by atoms with E-state index in [2.05, 4.69) is 22.3 Å². The Morgan fingerprint density at radius 3 is 2.78 bits per heavy atom. The lowest BCUT2D eigenvalue weighted by atomic mass is 10.2. The van der Waals surface area contributed by atoms with E-state index in [-0.39, 0.29) is 6.10 Å². The zero-order valence-electron chi connectivity index (χ0n) is 11.3. The fraction of sp³-hybridized carbons (Fsp3) is 0.667. The van der Waals surface area contributed by atoms with Crippen LogP contribution in [0.25, 0.3) is 0 Å². The van der Waals surface area contributed by atoms with Gasteiger partial charge < -0.3 is 14.9 Å². The van der Waals surface area contributed by atoms with Crippen molar-refractivity contribution in [2.24, 2.45) is 5.84 Å². The highest BCUT2D eigenvalue weighted by Crippen LogP contribution is 2.16. The van der Waals surface area contributed by atoms with Gasteiger partial charge in [-0.1, -0.05) is 13.3 Å². The molecule has 1 aromatic heterocycles. The Hall–Kier alpha value is -1.40. The Kier molecular flexibility index (Phi) is 6.38. The van der Waals surface area contributed by atoms with Gasteiger partial charge in [0.15, 0.2) is 5.82 Å². The van der Waals surface area contributed by atoms with Gasteiger partial charge in [0, 0.05) is 12.7 Å². The zero-order valence-corrected chi connectivity index (χ0v) is 11.3. The first kappa shape index (κ1) is 14.7. The predicted octanol–water partition coefficient (Wildman–Crippen LogP) is 1.87. The second kappa shape index (κ2) is 7.84. The van der Waals surface area contributed by atoms with E-state index >= 15 is 0 Å². The summed E-state index contributed by atoms with van der Waals surface area (Å²) in [4.78, 5) is 8.48. The molecule has 1 atom stereocenters. The lowest BCUT2D eigenvalue weighted by molar-refractivity contribution is 0.126. The molecule has 1 unspecified atom stereocenters. The lowest BCUT2D eigenvalue weighted by Crippen LogP contribution is -2.15. The lowest BCUT2D eigenvalue weighted by Gasteiger charge is -2.14. The van der Waals surface area contributed by atoms with E-state index in [9.17, 15) is 0 Å². The summed E-state index contributed by atoms with van der Waals surface area (Å²) >= 11 is 0. The molecule has 6 nitrogen and oxygen atoms in total. The number of nitrogens with one attached hydrogen (secondary N) is 1. The molecule has 0 saturated heterocycles. The first-order valence-corrected chi connectivity index (χ1v) is 6.28. The number of aromatic nitrogens is 2. The van der Waals surface area contributed by atoms with Crippen molar-refractivity contribution in [3.63, 3.8) is 0 Å². The van der Waals surface area contributed by atoms with Crippen LogP contribution in [0.3, 0.4) is 0 Å². The number of hydrogen-bond donors (Lipinski definition) is 2. The SMILES string of the molecule is CCCC(C)Oc1cc(NN)nc(COCC)n1. The van der Waals surface area contributed by atoms with Crippen LogP contribution in [0.15, 0.2) is 6.07 Å². The number of ether oxygens (including phenoxy) is 2. The molecule has 0 bridgehead atoms. The highest BCUT2D eigenvalue weighted by molar-refractivity contribution is 5.36. The van der Waals surface area contributed by atoms with Crippen molar-refractivity contribution in [3.05, 3.63) is 11.9 Å². The fourth-order valence-electron chi connectivity index (χ4n) is 1.54. The minimum absolute atomic E-state index is 0.121. The standard InChI is InChI=1S/C12H22N4O2/c1-4-6-9(3)18-12-7-10(16-13)14-11(15-12)8-17-5-2/h7,9H,4-6,8,13H2,1-3H3,(H,14,15,16). The zero-order chi connectivity index (χ0) is 13.4. The summed E-state index contributed by atoms with van der Waals surface area (Å²) in [6, 6.07) is 1.68. The van der Waals surface area contributed by atoms with Crippen molar-refractivity contribution >= 4 is 5.82 Å². The van der Waals surface area contributed by atoms with Gasteiger partial charge in [0.25, 0.3) is 0 Å². The molecule has 0 fully saturated rings. The van der Waals surface area contributed by atoms with E-state index in [1.807, 2.05) is 13.8 Å². The summed E-state index contributed by atoms with van der Waals surface area (Å²) in [5.74, 6) is 6.98. The fourth-order valence-corrected chi connectivity index (χ4v) is 1.54. The van der Waals surface area contributed by atoms with E-state index < -0.39 is 0 Å². The average molecular weight is 254 g/mol. The number of hydrogen-bond acceptors (Lipinski definition) is 6. The maximum absolute atomic E-state index is 5.72. The molecule has 0 amide bonds. The quantitative estimate of drug-likeness (QED) is 0.544. The van der Waals surface area contributed by atoms with Crippen LogP contribution in [0.2, 0.25) is 0 Å². The van der Waals surface area contributed by atoms with Gasteiger partial charge in [-0.15, -0.1) is 0 Å². The molecule has 0 aliphatic rings. The van der Waals surface area contributed by atoms with Crippen LogP contribution in [0.1, 0.15) is 39.4 Å². The number of nitrogen functional groups attached to an aromatic ring is 1. The smallest absolute Gasteiger partial charge is 0.219 e. The van der Waals surface area contributed by atoms with Gasteiger partial charge in [-0.05, 0) is 20.3 Å². The summed E-state index contributed by atoms with van der Waals surface area (Å²) < 4.78 is 11.0. The Morgan fingerprint density at radius 1 is 1.39 bits per heavy atom. The molecule has 0 aromatic carbocycles. The summed E-state index contributed by atoms with van der Waals surface area (Å²) in [5.41, 5.74) is 2.50. The van der Waals surface area contributed by atoms with E-state index in [1.54, 1.807) is 6.07 Å². The van der Waals surface area contributed by atoms with Gasteiger partial charge in [0.05, 0.1) is 6.10 Å². The van der Waals surface area contributed by atoms with Gasteiger partial charge in [-0.25, -0.2) is 10.8 Å². The van der Waals surface area contributed by atoms with Gasteiger partial charge >= 0.3 is 0 Å². The molecule has 0 saturated carbocycles. The number of hydrazine groups is 1. The molecule has 18 heavy (non-hydrogen) atoms. The molecule has 1 rings (SSSR count). The summed E-state index contributed by atoms with van der Waals surface area (Å²) in [5, 5.41) is 0. The Bertz CT molecular complexity index is 360. The summed E-state index contributed by atoms with van der Waals surface area (Å²) in [7, 11) is 0. The van der Waals surface area contributed by atoms with Crippen molar-refractivity contribution in [1.29, 1.82) is 0 Å². The van der Waals surface area contributed by atoms with Crippen LogP contribution >= 0.6 is 0 Å². The van der Waals surface area contributed by atoms with Crippen molar-refractivity contribution in [3.8, 4) is 5.88 Å². The second-order valence-corrected chi connectivity index (χ2v) is 4.01. The van der Waals surface area contributed by atoms with Crippen molar-refractivity contribution in [2.75, 3.05) is 12.0 Å². The van der Waals surface area contributed by atoms with Crippen LogP contribution in [0.5, 0.6) is 5.88 Å². The minimum Gasteiger partial charge on any atom is -0.475 e.